The van der Waals surface area contributed by atoms with E-state index in [0.29, 0.717) is 11.8 Å². The molecular weight excluding hydrogens is 356 g/mol. The predicted octanol–water partition coefficient (Wildman–Crippen LogP) is 3.93. The van der Waals surface area contributed by atoms with Gasteiger partial charge in [-0.25, -0.2) is 9.97 Å². The summed E-state index contributed by atoms with van der Waals surface area (Å²) in [7, 11) is 0. The molecule has 2 aliphatic heterocycles. The van der Waals surface area contributed by atoms with E-state index in [1.54, 1.807) is 6.33 Å². The Hall–Kier alpha value is -2.08. The number of para-hydroxylation sites is 1. The van der Waals surface area contributed by atoms with Gasteiger partial charge in [-0.3, -0.25) is 4.79 Å². The number of hydrogen-bond acceptors (Lipinski definition) is 5. The summed E-state index contributed by atoms with van der Waals surface area (Å²) in [6, 6.07) is 10.8. The van der Waals surface area contributed by atoms with E-state index in [0.717, 1.165) is 42.5 Å². The highest BCUT2D eigenvalue weighted by Crippen LogP contribution is 2.30. The lowest BCUT2D eigenvalue weighted by Gasteiger charge is -2.36. The summed E-state index contributed by atoms with van der Waals surface area (Å²) < 4.78 is 0. The van der Waals surface area contributed by atoms with Gasteiger partial charge in [-0.15, -0.1) is 0 Å². The number of piperidine rings is 1. The van der Waals surface area contributed by atoms with Crippen LogP contribution >= 0.6 is 11.8 Å². The quantitative estimate of drug-likeness (QED) is 0.579. The molecule has 142 valence electrons. The molecule has 0 N–H and O–H groups in total. The molecule has 2 aliphatic rings. The van der Waals surface area contributed by atoms with Gasteiger partial charge in [-0.05, 0) is 43.7 Å². The maximum Gasteiger partial charge on any atom is 0.237 e. The summed E-state index contributed by atoms with van der Waals surface area (Å²) in [5, 5.41) is 0.876. The number of fused-ring (bicyclic) bond motifs is 1. The first kappa shape index (κ1) is 18.3. The standard InChI is InChI=1S/C21H26N4OS/c1-2-17-8-5-6-11-24(17)19-13-20(23-15-22-19)27-14-21(26)25-12-10-16-7-3-4-9-18(16)25/h3-4,7,9,13,15,17H,2,5-6,8,10-12,14H2,1H3/t17-/m0/s1. The number of carbonyl (C=O) groups is 1. The molecule has 1 fully saturated rings. The normalized spacial score (nSPS) is 19.2. The van der Waals surface area contributed by atoms with Crippen LogP contribution in [0.4, 0.5) is 11.5 Å². The number of benzene rings is 1. The first-order valence-electron chi connectivity index (χ1n) is 9.86. The fraction of sp³-hybridized carbons (Fsp3) is 0.476. The molecule has 0 spiro atoms. The van der Waals surface area contributed by atoms with Gasteiger partial charge in [0.05, 0.1) is 5.75 Å². The Bertz CT molecular complexity index is 812. The smallest absolute Gasteiger partial charge is 0.237 e. The Kier molecular flexibility index (Phi) is 5.62. The molecule has 0 saturated carbocycles. The van der Waals surface area contributed by atoms with Gasteiger partial charge in [0, 0.05) is 30.9 Å². The minimum absolute atomic E-state index is 0.148. The zero-order valence-electron chi connectivity index (χ0n) is 15.8. The van der Waals surface area contributed by atoms with Gasteiger partial charge >= 0.3 is 0 Å². The van der Waals surface area contributed by atoms with E-state index >= 15 is 0 Å². The number of anilines is 2. The van der Waals surface area contributed by atoms with E-state index < -0.39 is 0 Å². The fourth-order valence-electron chi connectivity index (χ4n) is 4.10. The minimum Gasteiger partial charge on any atom is -0.354 e. The van der Waals surface area contributed by atoms with Crippen molar-refractivity contribution < 1.29 is 4.79 Å². The van der Waals surface area contributed by atoms with Crippen LogP contribution in [-0.4, -0.2) is 40.8 Å². The summed E-state index contributed by atoms with van der Waals surface area (Å²) >= 11 is 1.51. The van der Waals surface area contributed by atoms with Gasteiger partial charge < -0.3 is 9.80 Å². The molecule has 2 aromatic rings. The second kappa shape index (κ2) is 8.30. The highest BCUT2D eigenvalue weighted by atomic mass is 32.2. The molecule has 27 heavy (non-hydrogen) atoms. The summed E-state index contributed by atoms with van der Waals surface area (Å²) in [6.07, 6.45) is 7.46. The number of aromatic nitrogens is 2. The van der Waals surface area contributed by atoms with Crippen molar-refractivity contribution in [2.75, 3.05) is 28.6 Å². The Morgan fingerprint density at radius 1 is 1.22 bits per heavy atom. The monoisotopic (exact) mass is 382 g/mol. The van der Waals surface area contributed by atoms with Crippen LogP contribution in [0.3, 0.4) is 0 Å². The molecule has 3 heterocycles. The second-order valence-corrected chi connectivity index (χ2v) is 8.17. The summed E-state index contributed by atoms with van der Waals surface area (Å²) in [5.41, 5.74) is 2.32. The van der Waals surface area contributed by atoms with Crippen LogP contribution in [0.1, 0.15) is 38.2 Å². The molecule has 0 aliphatic carbocycles. The molecule has 1 atom stereocenters. The van der Waals surface area contributed by atoms with E-state index in [-0.39, 0.29) is 5.91 Å². The molecule has 0 bridgehead atoms. The molecule has 0 radical (unpaired) electrons. The lowest BCUT2D eigenvalue weighted by molar-refractivity contribution is -0.116. The molecule has 1 aromatic heterocycles. The average Bonchev–Trinajstić information content (AvgIpc) is 3.16. The number of rotatable bonds is 5. The molecule has 1 aromatic carbocycles. The van der Waals surface area contributed by atoms with Crippen LogP contribution in [0.25, 0.3) is 0 Å². The largest absolute Gasteiger partial charge is 0.354 e. The van der Waals surface area contributed by atoms with Gasteiger partial charge in [0.25, 0.3) is 0 Å². The van der Waals surface area contributed by atoms with Gasteiger partial charge in [-0.2, -0.15) is 0 Å². The molecule has 5 nitrogen and oxygen atoms in total. The summed E-state index contributed by atoms with van der Waals surface area (Å²) in [4.78, 5) is 25.9. The van der Waals surface area contributed by atoms with E-state index in [4.69, 9.17) is 0 Å². The fourth-order valence-corrected chi connectivity index (χ4v) is 4.84. The topological polar surface area (TPSA) is 49.3 Å². The number of hydrogen-bond donors (Lipinski definition) is 0. The van der Waals surface area contributed by atoms with Crippen molar-refractivity contribution in [2.24, 2.45) is 0 Å². The van der Waals surface area contributed by atoms with E-state index in [1.165, 1.54) is 36.6 Å². The Morgan fingerprint density at radius 2 is 2.11 bits per heavy atom. The maximum atomic E-state index is 12.7. The number of amides is 1. The van der Waals surface area contributed by atoms with Crippen molar-refractivity contribution >= 4 is 29.2 Å². The number of nitrogens with zero attached hydrogens (tertiary/aromatic N) is 4. The Morgan fingerprint density at radius 3 is 3.00 bits per heavy atom. The Labute approximate surface area is 165 Å². The third-order valence-electron chi connectivity index (χ3n) is 5.55. The van der Waals surface area contributed by atoms with Crippen molar-refractivity contribution in [3.8, 4) is 0 Å². The van der Waals surface area contributed by atoms with Crippen LogP contribution in [0.2, 0.25) is 0 Å². The van der Waals surface area contributed by atoms with Crippen molar-refractivity contribution in [3.05, 3.63) is 42.2 Å². The highest BCUT2D eigenvalue weighted by molar-refractivity contribution is 7.99. The van der Waals surface area contributed by atoms with Crippen LogP contribution < -0.4 is 9.80 Å². The van der Waals surface area contributed by atoms with Gasteiger partial charge in [0.2, 0.25) is 5.91 Å². The second-order valence-electron chi connectivity index (χ2n) is 7.18. The molecule has 0 unspecified atom stereocenters. The maximum absolute atomic E-state index is 12.7. The zero-order chi connectivity index (χ0) is 18.6. The van der Waals surface area contributed by atoms with Gasteiger partial charge in [0.15, 0.2) is 0 Å². The van der Waals surface area contributed by atoms with E-state index in [2.05, 4.69) is 27.9 Å². The summed E-state index contributed by atoms with van der Waals surface area (Å²) in [5.74, 6) is 1.55. The molecular formula is C21H26N4OS. The first-order chi connectivity index (χ1) is 13.3. The third kappa shape index (κ3) is 3.95. The molecule has 1 saturated heterocycles. The van der Waals surface area contributed by atoms with Crippen LogP contribution in [-0.2, 0) is 11.2 Å². The van der Waals surface area contributed by atoms with Crippen molar-refractivity contribution in [2.45, 2.75) is 50.1 Å². The third-order valence-corrected chi connectivity index (χ3v) is 6.46. The van der Waals surface area contributed by atoms with Crippen LogP contribution in [0.15, 0.2) is 41.7 Å². The molecule has 1 amide bonds. The zero-order valence-corrected chi connectivity index (χ0v) is 16.6. The van der Waals surface area contributed by atoms with E-state index in [1.807, 2.05) is 29.2 Å². The summed E-state index contributed by atoms with van der Waals surface area (Å²) in [6.45, 7) is 4.08. The number of thioether (sulfide) groups is 1. The van der Waals surface area contributed by atoms with Gasteiger partial charge in [0.1, 0.15) is 17.2 Å². The molecule has 4 rings (SSSR count). The highest BCUT2D eigenvalue weighted by Gasteiger charge is 2.25. The minimum atomic E-state index is 0.148. The average molecular weight is 383 g/mol. The molecule has 6 heteroatoms. The first-order valence-corrected chi connectivity index (χ1v) is 10.8. The van der Waals surface area contributed by atoms with Crippen molar-refractivity contribution in [1.82, 2.24) is 9.97 Å². The van der Waals surface area contributed by atoms with Crippen molar-refractivity contribution in [3.63, 3.8) is 0 Å². The van der Waals surface area contributed by atoms with Gasteiger partial charge in [-0.1, -0.05) is 36.9 Å². The number of carbonyl (C=O) groups excluding carboxylic acids is 1. The van der Waals surface area contributed by atoms with Crippen LogP contribution in [0.5, 0.6) is 0 Å². The predicted molar refractivity (Wildman–Crippen MR) is 111 cm³/mol. The lowest BCUT2D eigenvalue weighted by Crippen LogP contribution is -2.39. The van der Waals surface area contributed by atoms with E-state index in [9.17, 15) is 4.79 Å². The lowest BCUT2D eigenvalue weighted by atomic mass is 10.0. The van der Waals surface area contributed by atoms with Crippen molar-refractivity contribution in [1.29, 1.82) is 0 Å². The van der Waals surface area contributed by atoms with Crippen LogP contribution in [0, 0.1) is 0 Å². The Balaban J connectivity index is 1.41. The SMILES string of the molecule is CC[C@H]1CCCCN1c1cc(SCC(=O)N2CCc3ccccc32)ncn1.